The summed E-state index contributed by atoms with van der Waals surface area (Å²) >= 11 is 0. The smallest absolute Gasteiger partial charge is 0.339 e. The lowest BCUT2D eigenvalue weighted by molar-refractivity contribution is 0.0491. The number of aromatic nitrogens is 2. The molecule has 2 aromatic carbocycles. The van der Waals surface area contributed by atoms with Crippen molar-refractivity contribution in [1.82, 2.24) is 9.97 Å². The number of para-hydroxylation sites is 2. The second-order valence-corrected chi connectivity index (χ2v) is 8.11. The van der Waals surface area contributed by atoms with E-state index in [1.165, 1.54) is 0 Å². The van der Waals surface area contributed by atoms with Crippen LogP contribution >= 0.6 is 0 Å². The summed E-state index contributed by atoms with van der Waals surface area (Å²) in [6.45, 7) is 4.73. The van der Waals surface area contributed by atoms with Crippen LogP contribution in [-0.2, 0) is 9.47 Å². The first kappa shape index (κ1) is 23.4. The van der Waals surface area contributed by atoms with Crippen LogP contribution < -0.4 is 0 Å². The molecule has 6 nitrogen and oxygen atoms in total. The summed E-state index contributed by atoms with van der Waals surface area (Å²) < 4.78 is 11.2. The van der Waals surface area contributed by atoms with Crippen molar-refractivity contribution in [2.45, 2.75) is 39.5 Å². The van der Waals surface area contributed by atoms with Crippen LogP contribution in [0.4, 0.5) is 0 Å². The van der Waals surface area contributed by atoms with Crippen LogP contribution in [0.25, 0.3) is 32.9 Å². The molecule has 0 saturated carbocycles. The van der Waals surface area contributed by atoms with E-state index in [0.717, 1.165) is 25.7 Å². The van der Waals surface area contributed by atoms with E-state index in [1.54, 1.807) is 12.4 Å². The summed E-state index contributed by atoms with van der Waals surface area (Å²) in [7, 11) is 0. The highest BCUT2D eigenvalue weighted by Crippen LogP contribution is 2.35. The maximum absolute atomic E-state index is 13.3. The lowest BCUT2D eigenvalue weighted by Crippen LogP contribution is -2.13. The third-order valence-electron chi connectivity index (χ3n) is 5.71. The monoisotopic (exact) mass is 456 g/mol. The zero-order valence-electron chi connectivity index (χ0n) is 19.5. The summed E-state index contributed by atoms with van der Waals surface area (Å²) in [6, 6.07) is 14.8. The SMILES string of the molecule is CCCCOC(=O)c1c(-c2cnc3ccccc3c2C(=O)OCCCC)cnc2ccccc12. The molecule has 0 aliphatic heterocycles. The van der Waals surface area contributed by atoms with Crippen LogP contribution in [0.3, 0.4) is 0 Å². The van der Waals surface area contributed by atoms with Crippen molar-refractivity contribution in [3.8, 4) is 11.1 Å². The number of rotatable bonds is 9. The number of benzene rings is 2. The van der Waals surface area contributed by atoms with E-state index in [0.29, 0.717) is 57.3 Å². The third kappa shape index (κ3) is 4.76. The van der Waals surface area contributed by atoms with Gasteiger partial charge in [-0.2, -0.15) is 0 Å². The van der Waals surface area contributed by atoms with Crippen LogP contribution in [0.1, 0.15) is 60.2 Å². The standard InChI is InChI=1S/C28H28N2O4/c1-3-5-15-33-27(31)25-19-11-7-9-13-23(19)29-17-21(25)22-18-30-24-14-10-8-12-20(24)26(22)28(32)34-16-6-4-2/h7-14,17-18H,3-6,15-16H2,1-2H3. The summed E-state index contributed by atoms with van der Waals surface area (Å²) in [5, 5.41) is 1.33. The Kier molecular flexibility index (Phi) is 7.48. The molecule has 0 aliphatic carbocycles. The minimum Gasteiger partial charge on any atom is -0.462 e. The largest absolute Gasteiger partial charge is 0.462 e. The fourth-order valence-corrected chi connectivity index (χ4v) is 3.89. The van der Waals surface area contributed by atoms with Gasteiger partial charge in [-0.1, -0.05) is 63.1 Å². The molecule has 6 heteroatoms. The van der Waals surface area contributed by atoms with E-state index in [9.17, 15) is 9.59 Å². The van der Waals surface area contributed by atoms with Gasteiger partial charge in [-0.15, -0.1) is 0 Å². The molecule has 0 spiro atoms. The van der Waals surface area contributed by atoms with Gasteiger partial charge in [0.25, 0.3) is 0 Å². The molecule has 174 valence electrons. The molecule has 0 fully saturated rings. The fourth-order valence-electron chi connectivity index (χ4n) is 3.89. The van der Waals surface area contributed by atoms with E-state index in [2.05, 4.69) is 9.97 Å². The number of fused-ring (bicyclic) bond motifs is 2. The molecular weight excluding hydrogens is 428 g/mol. The molecule has 0 atom stereocenters. The second kappa shape index (κ2) is 10.9. The number of carbonyl (C=O) groups excluding carboxylic acids is 2. The van der Waals surface area contributed by atoms with Crippen molar-refractivity contribution in [2.75, 3.05) is 13.2 Å². The van der Waals surface area contributed by atoms with E-state index < -0.39 is 11.9 Å². The minimum absolute atomic E-state index is 0.327. The Morgan fingerprint density at radius 2 is 1.09 bits per heavy atom. The highest BCUT2D eigenvalue weighted by atomic mass is 16.5. The first-order valence-corrected chi connectivity index (χ1v) is 11.8. The second-order valence-electron chi connectivity index (χ2n) is 8.11. The Labute approximate surface area is 198 Å². The van der Waals surface area contributed by atoms with E-state index >= 15 is 0 Å². The fraction of sp³-hybridized carbons (Fsp3) is 0.286. The molecule has 0 amide bonds. The van der Waals surface area contributed by atoms with E-state index in [-0.39, 0.29) is 0 Å². The number of esters is 2. The average molecular weight is 457 g/mol. The van der Waals surface area contributed by atoms with Gasteiger partial charge >= 0.3 is 11.9 Å². The number of pyridine rings is 2. The molecule has 0 radical (unpaired) electrons. The van der Waals surface area contributed by atoms with Crippen molar-refractivity contribution in [2.24, 2.45) is 0 Å². The van der Waals surface area contributed by atoms with Crippen LogP contribution in [-0.4, -0.2) is 35.1 Å². The van der Waals surface area contributed by atoms with Gasteiger partial charge in [0, 0.05) is 34.3 Å². The van der Waals surface area contributed by atoms with Crippen molar-refractivity contribution in [3.05, 3.63) is 72.1 Å². The lowest BCUT2D eigenvalue weighted by atomic mass is 9.93. The van der Waals surface area contributed by atoms with Crippen LogP contribution in [0.2, 0.25) is 0 Å². The van der Waals surface area contributed by atoms with Gasteiger partial charge < -0.3 is 9.47 Å². The molecule has 0 bridgehead atoms. The van der Waals surface area contributed by atoms with Crippen molar-refractivity contribution < 1.29 is 19.1 Å². The lowest BCUT2D eigenvalue weighted by Gasteiger charge is -2.16. The summed E-state index contributed by atoms with van der Waals surface area (Å²) in [5.41, 5.74) is 3.11. The minimum atomic E-state index is -0.444. The number of hydrogen-bond donors (Lipinski definition) is 0. The average Bonchev–Trinajstić information content (AvgIpc) is 2.87. The molecule has 2 aromatic heterocycles. The number of carbonyl (C=O) groups is 2. The maximum atomic E-state index is 13.3. The number of unbranched alkanes of at least 4 members (excludes halogenated alkanes) is 2. The van der Waals surface area contributed by atoms with Crippen LogP contribution in [0, 0.1) is 0 Å². The van der Waals surface area contributed by atoms with E-state index in [4.69, 9.17) is 9.47 Å². The normalized spacial score (nSPS) is 11.0. The molecule has 0 aliphatic rings. The van der Waals surface area contributed by atoms with Crippen molar-refractivity contribution >= 4 is 33.7 Å². The molecule has 0 N–H and O–H groups in total. The number of hydrogen-bond acceptors (Lipinski definition) is 6. The Morgan fingerprint density at radius 1 is 0.676 bits per heavy atom. The Hall–Kier alpha value is -3.80. The first-order chi connectivity index (χ1) is 16.7. The quantitative estimate of drug-likeness (QED) is 0.215. The molecular formula is C28H28N2O4. The highest BCUT2D eigenvalue weighted by Gasteiger charge is 2.25. The number of nitrogens with zero attached hydrogens (tertiary/aromatic N) is 2. The molecule has 34 heavy (non-hydrogen) atoms. The van der Waals surface area contributed by atoms with Gasteiger partial charge in [-0.05, 0) is 25.0 Å². The van der Waals surface area contributed by atoms with Crippen LogP contribution in [0.15, 0.2) is 60.9 Å². The zero-order valence-corrected chi connectivity index (χ0v) is 19.5. The third-order valence-corrected chi connectivity index (χ3v) is 5.71. The van der Waals surface area contributed by atoms with Gasteiger partial charge in [0.1, 0.15) is 0 Å². The Bertz CT molecular complexity index is 1230. The van der Waals surface area contributed by atoms with Gasteiger partial charge in [-0.3, -0.25) is 9.97 Å². The topological polar surface area (TPSA) is 78.4 Å². The zero-order chi connectivity index (χ0) is 23.9. The van der Waals surface area contributed by atoms with Gasteiger partial charge in [0.2, 0.25) is 0 Å². The summed E-state index contributed by atoms with van der Waals surface area (Å²) in [5.74, 6) is -0.888. The molecule has 2 heterocycles. The van der Waals surface area contributed by atoms with Gasteiger partial charge in [0.15, 0.2) is 0 Å². The Morgan fingerprint density at radius 3 is 1.50 bits per heavy atom. The number of ether oxygens (including phenoxy) is 2. The predicted octanol–water partition coefficient (Wildman–Crippen LogP) is 6.36. The van der Waals surface area contributed by atoms with Crippen molar-refractivity contribution in [3.63, 3.8) is 0 Å². The van der Waals surface area contributed by atoms with E-state index in [1.807, 2.05) is 62.4 Å². The molecule has 0 unspecified atom stereocenters. The van der Waals surface area contributed by atoms with Crippen LogP contribution in [0.5, 0.6) is 0 Å². The van der Waals surface area contributed by atoms with Crippen molar-refractivity contribution in [1.29, 1.82) is 0 Å². The summed E-state index contributed by atoms with van der Waals surface area (Å²) in [6.07, 6.45) is 6.62. The van der Waals surface area contributed by atoms with Gasteiger partial charge in [-0.25, -0.2) is 9.59 Å². The Balaban J connectivity index is 1.93. The maximum Gasteiger partial charge on any atom is 0.339 e. The summed E-state index contributed by atoms with van der Waals surface area (Å²) in [4.78, 5) is 35.7. The van der Waals surface area contributed by atoms with Gasteiger partial charge in [0.05, 0.1) is 35.4 Å². The molecule has 4 rings (SSSR count). The highest BCUT2D eigenvalue weighted by molar-refractivity contribution is 6.14. The first-order valence-electron chi connectivity index (χ1n) is 11.8. The molecule has 4 aromatic rings. The molecule has 0 saturated heterocycles. The predicted molar refractivity (Wildman–Crippen MR) is 133 cm³/mol.